The molecule has 0 aliphatic carbocycles. The molecule has 1 amide bonds. The van der Waals surface area contributed by atoms with E-state index in [9.17, 15) is 10.1 Å². The third-order valence-electron chi connectivity index (χ3n) is 4.43. The molecule has 0 radical (unpaired) electrons. The Morgan fingerprint density at radius 1 is 1.09 bits per heavy atom. The molecule has 0 fully saturated rings. The molecule has 168 valence electrons. The van der Waals surface area contributed by atoms with E-state index in [1.54, 1.807) is 30.3 Å². The van der Waals surface area contributed by atoms with Crippen molar-refractivity contribution < 1.29 is 14.3 Å². The predicted octanol–water partition coefficient (Wildman–Crippen LogP) is 7.07. The zero-order chi connectivity index (χ0) is 23.8. The molecule has 3 rings (SSSR count). The summed E-state index contributed by atoms with van der Waals surface area (Å²) >= 11 is 10.6. The molecule has 0 heterocycles. The fourth-order valence-electron chi connectivity index (χ4n) is 2.91. The maximum absolute atomic E-state index is 12.7. The molecule has 3 aromatic carbocycles. The van der Waals surface area contributed by atoms with Crippen LogP contribution >= 0.6 is 56.8 Å². The van der Waals surface area contributed by atoms with Gasteiger partial charge in [-0.15, -0.1) is 0 Å². The highest BCUT2D eigenvalue weighted by Crippen LogP contribution is 2.31. The van der Waals surface area contributed by atoms with Gasteiger partial charge in [0.05, 0.1) is 13.7 Å². The lowest BCUT2D eigenvalue weighted by molar-refractivity contribution is -0.112. The number of hydrogen-bond acceptors (Lipinski definition) is 4. The van der Waals surface area contributed by atoms with Crippen molar-refractivity contribution in [2.24, 2.45) is 0 Å². The van der Waals surface area contributed by atoms with Gasteiger partial charge in [0.25, 0.3) is 5.91 Å². The van der Waals surface area contributed by atoms with Crippen molar-refractivity contribution in [1.82, 2.24) is 0 Å². The molecular weight excluding hydrogens is 666 g/mol. The SMILES string of the molecule is CCOc1cccc(NC(=O)/C(C#N)=C\c2cc(I)c(OCc3ccccc3Cl)c(I)c2)c1. The van der Waals surface area contributed by atoms with Gasteiger partial charge in [-0.1, -0.05) is 35.9 Å². The zero-order valence-electron chi connectivity index (χ0n) is 17.6. The van der Waals surface area contributed by atoms with Crippen LogP contribution in [0.25, 0.3) is 6.08 Å². The highest BCUT2D eigenvalue weighted by Gasteiger charge is 2.13. The smallest absolute Gasteiger partial charge is 0.266 e. The van der Waals surface area contributed by atoms with Crippen LogP contribution in [0.2, 0.25) is 5.02 Å². The first-order valence-corrected chi connectivity index (χ1v) is 12.5. The Bertz CT molecular complexity index is 1220. The number of ether oxygens (including phenoxy) is 2. The topological polar surface area (TPSA) is 71.3 Å². The van der Waals surface area contributed by atoms with Gasteiger partial charge in [0, 0.05) is 22.3 Å². The Kier molecular flexibility index (Phi) is 9.41. The largest absolute Gasteiger partial charge is 0.494 e. The second kappa shape index (κ2) is 12.3. The van der Waals surface area contributed by atoms with Gasteiger partial charge in [-0.2, -0.15) is 5.26 Å². The van der Waals surface area contributed by atoms with Gasteiger partial charge in [-0.3, -0.25) is 4.79 Å². The summed E-state index contributed by atoms with van der Waals surface area (Å²) in [5.41, 5.74) is 2.17. The van der Waals surface area contributed by atoms with Gasteiger partial charge in [-0.25, -0.2) is 0 Å². The minimum Gasteiger partial charge on any atom is -0.494 e. The molecule has 0 aliphatic rings. The fourth-order valence-corrected chi connectivity index (χ4v) is 5.23. The summed E-state index contributed by atoms with van der Waals surface area (Å²) in [4.78, 5) is 12.7. The Balaban J connectivity index is 1.76. The van der Waals surface area contributed by atoms with Crippen molar-refractivity contribution in [1.29, 1.82) is 5.26 Å². The first-order chi connectivity index (χ1) is 15.9. The van der Waals surface area contributed by atoms with E-state index < -0.39 is 5.91 Å². The maximum atomic E-state index is 12.7. The molecule has 8 heteroatoms. The minimum atomic E-state index is -0.491. The van der Waals surface area contributed by atoms with E-state index in [4.69, 9.17) is 21.1 Å². The Morgan fingerprint density at radius 2 is 1.82 bits per heavy atom. The molecule has 0 unspecified atom stereocenters. The molecule has 3 aromatic rings. The number of benzene rings is 3. The lowest BCUT2D eigenvalue weighted by Gasteiger charge is -2.12. The number of halogens is 3. The molecule has 1 N–H and O–H groups in total. The van der Waals surface area contributed by atoms with Crippen LogP contribution in [-0.4, -0.2) is 12.5 Å². The Hall–Kier alpha value is -2.29. The molecule has 0 bridgehead atoms. The van der Waals surface area contributed by atoms with E-state index in [0.29, 0.717) is 29.7 Å². The van der Waals surface area contributed by atoms with Crippen molar-refractivity contribution >= 4 is 74.5 Å². The average Bonchev–Trinajstić information content (AvgIpc) is 2.78. The van der Waals surface area contributed by atoms with E-state index in [2.05, 4.69) is 50.5 Å². The summed E-state index contributed by atoms with van der Waals surface area (Å²) in [6.45, 7) is 2.75. The number of anilines is 1. The monoisotopic (exact) mass is 684 g/mol. The first kappa shape index (κ1) is 25.3. The van der Waals surface area contributed by atoms with Crippen molar-refractivity contribution in [3.8, 4) is 17.6 Å². The first-order valence-electron chi connectivity index (χ1n) is 9.92. The van der Waals surface area contributed by atoms with Crippen LogP contribution in [-0.2, 0) is 11.4 Å². The van der Waals surface area contributed by atoms with Crippen LogP contribution in [0.1, 0.15) is 18.1 Å². The van der Waals surface area contributed by atoms with E-state index in [1.165, 1.54) is 0 Å². The van der Waals surface area contributed by atoms with Crippen LogP contribution < -0.4 is 14.8 Å². The lowest BCUT2D eigenvalue weighted by Crippen LogP contribution is -2.13. The van der Waals surface area contributed by atoms with Gasteiger partial charge >= 0.3 is 0 Å². The number of nitrogens with zero attached hydrogens (tertiary/aromatic N) is 1. The van der Waals surface area contributed by atoms with Crippen LogP contribution in [0, 0.1) is 18.5 Å². The van der Waals surface area contributed by atoms with Gasteiger partial charge in [0.2, 0.25) is 0 Å². The quantitative estimate of drug-likeness (QED) is 0.157. The van der Waals surface area contributed by atoms with Gasteiger partial charge in [0.1, 0.15) is 29.7 Å². The number of amides is 1. The number of rotatable bonds is 8. The van der Waals surface area contributed by atoms with Crippen molar-refractivity contribution in [3.63, 3.8) is 0 Å². The van der Waals surface area contributed by atoms with Crippen molar-refractivity contribution in [2.75, 3.05) is 11.9 Å². The maximum Gasteiger partial charge on any atom is 0.266 e. The standard InChI is InChI=1S/C25H19ClI2N2O3/c1-2-32-20-8-5-7-19(13-20)30-25(31)18(14-29)10-16-11-22(27)24(23(28)12-16)33-15-17-6-3-4-9-21(17)26/h3-13H,2,15H2,1H3,(H,30,31)/b18-10-. The normalized spacial score (nSPS) is 10.9. The molecule has 0 spiro atoms. The molecule has 0 aromatic heterocycles. The van der Waals surface area contributed by atoms with Gasteiger partial charge in [0.15, 0.2) is 0 Å². The average molecular weight is 685 g/mol. The Morgan fingerprint density at radius 3 is 2.48 bits per heavy atom. The van der Waals surface area contributed by atoms with Crippen LogP contribution in [0.5, 0.6) is 11.5 Å². The summed E-state index contributed by atoms with van der Waals surface area (Å²) < 4.78 is 13.2. The highest BCUT2D eigenvalue weighted by atomic mass is 127. The van der Waals surface area contributed by atoms with Gasteiger partial charge < -0.3 is 14.8 Å². The van der Waals surface area contributed by atoms with E-state index in [0.717, 1.165) is 24.0 Å². The molecule has 0 saturated carbocycles. The molecule has 33 heavy (non-hydrogen) atoms. The summed E-state index contributed by atoms with van der Waals surface area (Å²) in [6, 6.07) is 20.3. The molecule has 0 saturated heterocycles. The second-order valence-corrected chi connectivity index (χ2v) is 9.51. The van der Waals surface area contributed by atoms with Gasteiger partial charge in [-0.05, 0) is 94.1 Å². The molecule has 0 aliphatic heterocycles. The number of nitrogens with one attached hydrogen (secondary N) is 1. The van der Waals surface area contributed by atoms with E-state index >= 15 is 0 Å². The van der Waals surface area contributed by atoms with Crippen LogP contribution in [0.15, 0.2) is 66.2 Å². The molecule has 0 atom stereocenters. The third-order valence-corrected chi connectivity index (χ3v) is 6.40. The van der Waals surface area contributed by atoms with Crippen molar-refractivity contribution in [2.45, 2.75) is 13.5 Å². The predicted molar refractivity (Wildman–Crippen MR) is 147 cm³/mol. The van der Waals surface area contributed by atoms with E-state index in [1.807, 2.05) is 49.4 Å². The molecule has 5 nitrogen and oxygen atoms in total. The van der Waals surface area contributed by atoms with Crippen LogP contribution in [0.3, 0.4) is 0 Å². The summed E-state index contributed by atoms with van der Waals surface area (Å²) in [5.74, 6) is 0.883. The zero-order valence-corrected chi connectivity index (χ0v) is 22.6. The number of nitriles is 1. The summed E-state index contributed by atoms with van der Waals surface area (Å²) in [7, 11) is 0. The summed E-state index contributed by atoms with van der Waals surface area (Å²) in [5, 5.41) is 13.0. The number of carbonyl (C=O) groups is 1. The highest BCUT2D eigenvalue weighted by molar-refractivity contribution is 14.1. The second-order valence-electron chi connectivity index (χ2n) is 6.78. The van der Waals surface area contributed by atoms with Crippen molar-refractivity contribution in [3.05, 3.63) is 89.5 Å². The molecular formula is C25H19ClI2N2O3. The fraction of sp³-hybridized carbons (Fsp3) is 0.120. The third kappa shape index (κ3) is 7.09. The van der Waals surface area contributed by atoms with E-state index in [-0.39, 0.29) is 5.57 Å². The minimum absolute atomic E-state index is 0.00634. The summed E-state index contributed by atoms with van der Waals surface area (Å²) in [6.07, 6.45) is 1.56. The van der Waals surface area contributed by atoms with Crippen LogP contribution in [0.4, 0.5) is 5.69 Å². The number of hydrogen-bond donors (Lipinski definition) is 1. The number of carbonyl (C=O) groups excluding carboxylic acids is 1. The lowest BCUT2D eigenvalue weighted by atomic mass is 10.1. The Labute approximate surface area is 225 Å².